The largest absolute Gasteiger partial charge is 0.153 e. The fourth-order valence-corrected chi connectivity index (χ4v) is 8.10. The fraction of sp³-hybridized carbons (Fsp3) is 1.00. The molecule has 0 saturated carbocycles. The van der Waals surface area contributed by atoms with E-state index >= 15 is 0 Å². The zero-order chi connectivity index (χ0) is 11.0. The first-order valence-corrected chi connectivity index (χ1v) is 9.18. The van der Waals surface area contributed by atoms with Crippen LogP contribution in [0.15, 0.2) is 0 Å². The number of rotatable bonds is 8. The van der Waals surface area contributed by atoms with Crippen molar-refractivity contribution in [3.63, 3.8) is 0 Å². The highest BCUT2D eigenvalue weighted by Crippen LogP contribution is 2.55. The van der Waals surface area contributed by atoms with E-state index in [1.54, 1.807) is 0 Å². The highest BCUT2D eigenvalue weighted by atomic mass is 32.3. The molecule has 0 fully saturated rings. The fourth-order valence-electron chi connectivity index (χ4n) is 0.968. The first kappa shape index (κ1) is 15.4. The molecule has 0 bridgehead atoms. The monoisotopic (exact) mass is 270 g/mol. The lowest BCUT2D eigenvalue weighted by Crippen LogP contribution is -2.14. The molecule has 0 aliphatic carbocycles. The van der Waals surface area contributed by atoms with Gasteiger partial charge in [0.15, 0.2) is 2.74 Å². The van der Waals surface area contributed by atoms with Gasteiger partial charge in [-0.05, 0) is 24.2 Å². The second kappa shape index (κ2) is 8.54. The van der Waals surface area contributed by atoms with Crippen molar-refractivity contribution in [2.24, 2.45) is 0 Å². The molecule has 0 aromatic heterocycles. The molecule has 86 valence electrons. The lowest BCUT2D eigenvalue weighted by Gasteiger charge is -2.31. The molecule has 0 saturated heterocycles. The lowest BCUT2D eigenvalue weighted by atomic mass is 10.6. The third kappa shape index (κ3) is 6.09. The topological polar surface area (TPSA) is 0 Å². The van der Waals surface area contributed by atoms with Gasteiger partial charge < -0.3 is 0 Å². The van der Waals surface area contributed by atoms with Gasteiger partial charge in [-0.15, -0.1) is 47.0 Å². The molecule has 0 aromatic carbocycles. The van der Waals surface area contributed by atoms with Crippen LogP contribution >= 0.6 is 47.0 Å². The van der Waals surface area contributed by atoms with Crippen LogP contribution in [-0.2, 0) is 0 Å². The summed E-state index contributed by atoms with van der Waals surface area (Å²) in [6.45, 7) is 9.09. The van der Waals surface area contributed by atoms with Crippen molar-refractivity contribution < 1.29 is 0 Å². The molecule has 0 aromatic rings. The summed E-state index contributed by atoms with van der Waals surface area (Å²) < 4.78 is 0.332. The molecular formula is C10H22S4. The summed E-state index contributed by atoms with van der Waals surface area (Å²) in [6, 6.07) is 0. The predicted octanol–water partition coefficient (Wildman–Crippen LogP) is 5.00. The Morgan fingerprint density at radius 1 is 1.14 bits per heavy atom. The van der Waals surface area contributed by atoms with Gasteiger partial charge in [0.25, 0.3) is 0 Å². The molecule has 1 atom stereocenters. The van der Waals surface area contributed by atoms with Crippen LogP contribution < -0.4 is 0 Å². The minimum absolute atomic E-state index is 0.332. The van der Waals surface area contributed by atoms with E-state index in [1.165, 1.54) is 17.9 Å². The van der Waals surface area contributed by atoms with E-state index in [-0.39, 0.29) is 0 Å². The Hall–Kier alpha value is 1.40. The van der Waals surface area contributed by atoms with Crippen LogP contribution in [0.3, 0.4) is 0 Å². The molecule has 14 heavy (non-hydrogen) atoms. The molecule has 1 unspecified atom stereocenters. The zero-order valence-electron chi connectivity index (χ0n) is 9.83. The van der Waals surface area contributed by atoms with Crippen LogP contribution in [0.25, 0.3) is 0 Å². The summed E-state index contributed by atoms with van der Waals surface area (Å²) in [5, 5.41) is 0.714. The number of hydrogen-bond acceptors (Lipinski definition) is 4. The summed E-state index contributed by atoms with van der Waals surface area (Å²) in [5.74, 6) is 2.48. The van der Waals surface area contributed by atoms with Crippen LogP contribution in [-0.4, -0.2) is 25.8 Å². The van der Waals surface area contributed by atoms with Crippen LogP contribution in [0, 0.1) is 0 Å². The van der Waals surface area contributed by atoms with Crippen molar-refractivity contribution in [1.82, 2.24) is 0 Å². The van der Waals surface area contributed by atoms with Crippen molar-refractivity contribution in [1.29, 1.82) is 0 Å². The van der Waals surface area contributed by atoms with Crippen molar-refractivity contribution in [2.45, 2.75) is 42.1 Å². The molecule has 4 heteroatoms. The van der Waals surface area contributed by atoms with Gasteiger partial charge in [-0.1, -0.05) is 27.7 Å². The summed E-state index contributed by atoms with van der Waals surface area (Å²) >= 11 is 8.29. The molecule has 0 aliphatic rings. The predicted molar refractivity (Wildman–Crippen MR) is 79.9 cm³/mol. The minimum atomic E-state index is 0.332. The quantitative estimate of drug-likeness (QED) is 0.569. The molecule has 0 heterocycles. The van der Waals surface area contributed by atoms with Gasteiger partial charge in [0.05, 0.1) is 0 Å². The maximum absolute atomic E-state index is 2.29. The van der Waals surface area contributed by atoms with Gasteiger partial charge in [-0.3, -0.25) is 0 Å². The summed E-state index contributed by atoms with van der Waals surface area (Å²) in [5.41, 5.74) is 0. The van der Waals surface area contributed by atoms with Gasteiger partial charge in [0.2, 0.25) is 0 Å². The molecule has 0 spiro atoms. The van der Waals surface area contributed by atoms with E-state index in [4.69, 9.17) is 0 Å². The van der Waals surface area contributed by atoms with Crippen LogP contribution in [0.1, 0.15) is 34.1 Å². The van der Waals surface area contributed by atoms with Gasteiger partial charge in [0.1, 0.15) is 0 Å². The molecule has 0 rings (SSSR count). The number of hydrogen-bond donors (Lipinski definition) is 0. The van der Waals surface area contributed by atoms with Crippen LogP contribution in [0.4, 0.5) is 0 Å². The second-order valence-electron chi connectivity index (χ2n) is 3.15. The average molecular weight is 271 g/mol. The normalized spacial score (nSPS) is 15.9. The van der Waals surface area contributed by atoms with Crippen LogP contribution in [0.5, 0.6) is 0 Å². The van der Waals surface area contributed by atoms with Gasteiger partial charge in [-0.2, -0.15) is 0 Å². The van der Waals surface area contributed by atoms with E-state index in [9.17, 15) is 0 Å². The average Bonchev–Trinajstić information content (AvgIpc) is 2.14. The van der Waals surface area contributed by atoms with Crippen molar-refractivity contribution in [3.8, 4) is 0 Å². The van der Waals surface area contributed by atoms with Crippen LogP contribution in [0.2, 0.25) is 0 Å². The van der Waals surface area contributed by atoms with E-state index in [0.717, 1.165) is 0 Å². The maximum Gasteiger partial charge on any atom is 0.153 e. The van der Waals surface area contributed by atoms with Gasteiger partial charge in [0, 0.05) is 5.25 Å². The van der Waals surface area contributed by atoms with Crippen molar-refractivity contribution in [3.05, 3.63) is 0 Å². The molecule has 0 aliphatic heterocycles. The standard InChI is InChI=1S/C10H22S4/c1-6-8-13-10(11-5,12-7-2)14-9(3)4/h9H,6-8H2,1-5H3. The Morgan fingerprint density at radius 3 is 2.14 bits per heavy atom. The van der Waals surface area contributed by atoms with E-state index in [2.05, 4.69) is 69.2 Å². The zero-order valence-corrected chi connectivity index (χ0v) is 13.1. The highest BCUT2D eigenvalue weighted by molar-refractivity contribution is 8.47. The van der Waals surface area contributed by atoms with E-state index in [0.29, 0.717) is 7.99 Å². The van der Waals surface area contributed by atoms with Gasteiger partial charge >= 0.3 is 0 Å². The SMILES string of the molecule is CCCSC(SC)(SCC)SC(C)C. The molecule has 0 amide bonds. The first-order chi connectivity index (χ1) is 6.60. The first-order valence-electron chi connectivity index (χ1n) is 5.11. The second-order valence-corrected chi connectivity index (χ2v) is 10.3. The molecular weight excluding hydrogens is 248 g/mol. The summed E-state index contributed by atoms with van der Waals surface area (Å²) in [4.78, 5) is 0. The van der Waals surface area contributed by atoms with E-state index in [1.807, 2.05) is 11.8 Å². The Bertz CT molecular complexity index is 138. The lowest BCUT2D eigenvalue weighted by molar-refractivity contribution is 1.10. The molecule has 0 N–H and O–H groups in total. The Balaban J connectivity index is 4.26. The summed E-state index contributed by atoms with van der Waals surface area (Å²) in [7, 11) is 0. The third-order valence-electron chi connectivity index (χ3n) is 1.43. The van der Waals surface area contributed by atoms with Crippen molar-refractivity contribution >= 4 is 47.0 Å². The Morgan fingerprint density at radius 2 is 1.79 bits per heavy atom. The van der Waals surface area contributed by atoms with E-state index < -0.39 is 0 Å². The summed E-state index contributed by atoms with van der Waals surface area (Å²) in [6.07, 6.45) is 3.51. The number of thioether (sulfide) groups is 4. The van der Waals surface area contributed by atoms with Crippen molar-refractivity contribution in [2.75, 3.05) is 17.8 Å². The molecule has 0 nitrogen and oxygen atoms in total. The highest BCUT2D eigenvalue weighted by Gasteiger charge is 2.31. The Labute approximate surface area is 107 Å². The van der Waals surface area contributed by atoms with Gasteiger partial charge in [-0.25, -0.2) is 0 Å². The smallest absolute Gasteiger partial charge is 0.126 e. The third-order valence-corrected chi connectivity index (χ3v) is 8.79. The molecule has 0 radical (unpaired) electrons. The Kier molecular flexibility index (Phi) is 9.39. The maximum atomic E-state index is 2.29. The minimum Gasteiger partial charge on any atom is -0.126 e.